The van der Waals surface area contributed by atoms with Gasteiger partial charge in [-0.25, -0.2) is 87.8 Å². The molecule has 0 aliphatic rings. The zero-order valence-electron chi connectivity index (χ0n) is 30.4. The van der Waals surface area contributed by atoms with E-state index in [9.17, 15) is 57.5 Å². The lowest BCUT2D eigenvalue weighted by Crippen LogP contribution is -2.81. The highest BCUT2D eigenvalue weighted by Gasteiger charge is 2.52. The van der Waals surface area contributed by atoms with Crippen molar-refractivity contribution >= 4 is 33.8 Å². The van der Waals surface area contributed by atoms with Crippen LogP contribution < -0.4 is 26.4 Å². The molecule has 5 aromatic carbocycles. The summed E-state index contributed by atoms with van der Waals surface area (Å²) in [6.45, 7) is 0.621. The van der Waals surface area contributed by atoms with Crippen LogP contribution in [0.5, 0.6) is 0 Å². The quantitative estimate of drug-likeness (QED) is 0.0165. The zero-order chi connectivity index (χ0) is 47.9. The minimum Gasteiger partial charge on any atom is -0.287 e. The van der Waals surface area contributed by atoms with Crippen LogP contribution in [0.25, 0.3) is 10.4 Å². The third-order valence-corrected chi connectivity index (χ3v) is 9.41. The number of hydrogen-bond donors (Lipinski definition) is 0. The first-order valence-electron chi connectivity index (χ1n) is 16.8. The number of carbonyl (C=O) groups excluding carboxylic acids is 1. The lowest BCUT2D eigenvalue weighted by atomic mass is 9.12. The van der Waals surface area contributed by atoms with Crippen molar-refractivity contribution in [2.24, 2.45) is 5.11 Å². The van der Waals surface area contributed by atoms with Gasteiger partial charge in [0.25, 0.3) is 0 Å². The summed E-state index contributed by atoms with van der Waals surface area (Å²) in [6, 6.07) is 12.9. The normalized spacial score (nSPS) is 11.3. The molecule has 1 heterocycles. The molecule has 6 rings (SSSR count). The molecular weight excluding hydrogens is 919 g/mol. The van der Waals surface area contributed by atoms with Crippen molar-refractivity contribution in [1.29, 1.82) is 0 Å². The molecule has 0 aliphatic carbocycles. The molecule has 0 saturated carbocycles. The SMILES string of the molecule is Fc1c(F)c(F)c([B-](c2c(F)c(F)c(F)c(F)c2F)(c2c(F)c(F)c(F)c(F)c2F)c2c(F)c(F)c(F)c(F)c2F)c(F)c1F.[N-]=[N+]=NCc1cc[n+](CC(=O)c2ccccc2)cc1. The second-order valence-corrected chi connectivity index (χ2v) is 12.9. The van der Waals surface area contributed by atoms with Gasteiger partial charge in [-0.1, -0.05) is 35.4 Å². The second-order valence-electron chi connectivity index (χ2n) is 12.9. The molecule has 6 aromatic rings. The van der Waals surface area contributed by atoms with Crippen molar-refractivity contribution in [3.05, 3.63) is 193 Å². The molecule has 1 aromatic heterocycles. The van der Waals surface area contributed by atoms with Crippen LogP contribution in [0.2, 0.25) is 0 Å². The highest BCUT2D eigenvalue weighted by Crippen LogP contribution is 2.30. The largest absolute Gasteiger partial charge is 0.287 e. The van der Waals surface area contributed by atoms with E-state index in [1.807, 2.05) is 42.7 Å². The lowest BCUT2D eigenvalue weighted by molar-refractivity contribution is -0.683. The van der Waals surface area contributed by atoms with E-state index in [0.29, 0.717) is 18.7 Å². The number of aromatic nitrogens is 1. The molecule has 0 atom stereocenters. The molecule has 5 nitrogen and oxygen atoms in total. The Morgan fingerprint density at radius 1 is 0.438 bits per heavy atom. The van der Waals surface area contributed by atoms with Gasteiger partial charge in [0.15, 0.2) is 82.2 Å². The molecular formula is C38H13BF20N4O. The van der Waals surface area contributed by atoms with Crippen molar-refractivity contribution < 1.29 is 97.2 Å². The van der Waals surface area contributed by atoms with Gasteiger partial charge in [-0.2, -0.15) is 4.57 Å². The van der Waals surface area contributed by atoms with Crippen LogP contribution in [0, 0.1) is 116 Å². The summed E-state index contributed by atoms with van der Waals surface area (Å²) in [5.74, 6) is -71.3. The van der Waals surface area contributed by atoms with Crippen LogP contribution in [-0.4, -0.2) is 11.9 Å². The molecule has 0 unspecified atom stereocenters. The van der Waals surface area contributed by atoms with Crippen molar-refractivity contribution in [3.63, 3.8) is 0 Å². The van der Waals surface area contributed by atoms with Crippen LogP contribution in [0.4, 0.5) is 87.8 Å². The molecule has 0 fully saturated rings. The Bertz CT molecular complexity index is 2530. The van der Waals surface area contributed by atoms with E-state index in [1.54, 1.807) is 16.7 Å². The first-order chi connectivity index (χ1) is 30.0. The summed E-state index contributed by atoms with van der Waals surface area (Å²) in [5.41, 5.74) is -4.47. The zero-order valence-corrected chi connectivity index (χ0v) is 30.4. The third kappa shape index (κ3) is 7.81. The van der Waals surface area contributed by atoms with Crippen LogP contribution in [0.1, 0.15) is 15.9 Å². The maximum Gasteiger partial charge on any atom is 0.227 e. The van der Waals surface area contributed by atoms with E-state index < -0.39 is 144 Å². The number of carbonyl (C=O) groups is 1. The second kappa shape index (κ2) is 18.3. The Morgan fingerprint density at radius 2 is 0.703 bits per heavy atom. The van der Waals surface area contributed by atoms with E-state index >= 15 is 35.1 Å². The predicted molar refractivity (Wildman–Crippen MR) is 179 cm³/mol. The fraction of sp³-hybridized carbons (Fsp3) is 0.0526. The topological polar surface area (TPSA) is 69.7 Å². The van der Waals surface area contributed by atoms with Gasteiger partial charge in [0.2, 0.25) is 12.3 Å². The molecule has 334 valence electrons. The number of pyridine rings is 1. The Balaban J connectivity index is 0.000000337. The Labute approximate surface area is 342 Å². The van der Waals surface area contributed by atoms with Gasteiger partial charge in [-0.3, -0.25) is 4.79 Å². The number of halogens is 20. The minimum atomic E-state index is -7.22. The van der Waals surface area contributed by atoms with Crippen LogP contribution >= 0.6 is 0 Å². The highest BCUT2D eigenvalue weighted by atomic mass is 19.2. The Kier molecular flexibility index (Phi) is 13.7. The molecule has 0 spiro atoms. The fourth-order valence-electron chi connectivity index (χ4n) is 6.57. The standard InChI is InChI=1S/C24BF20.C14H13N4O/c26-5-1(6(27)14(35)21(42)13(5)34)25(2-7(28)15(36)22(43)16(37)8(2)29,3-9(30)17(38)23(44)18(39)10(3)31)4-11(32)19(40)24(45)20(41)12(4)33;15-17-16-10-12-6-8-18(9-7-12)11-14(19)13-4-2-1-3-5-13/h;1-9H,10-11H2/q-1;+1. The van der Waals surface area contributed by atoms with Gasteiger partial charge in [0.05, 0.1) is 6.54 Å². The summed E-state index contributed by atoms with van der Waals surface area (Å²) >= 11 is 0. The number of hydrogen-bond acceptors (Lipinski definition) is 2. The molecule has 26 heteroatoms. The average molecular weight is 932 g/mol. The summed E-state index contributed by atoms with van der Waals surface area (Å²) in [6.07, 6.45) is -3.60. The van der Waals surface area contributed by atoms with Gasteiger partial charge < -0.3 is 0 Å². The molecule has 64 heavy (non-hydrogen) atoms. The predicted octanol–water partition coefficient (Wildman–Crippen LogP) is 8.51. The van der Waals surface area contributed by atoms with E-state index in [1.165, 1.54) is 0 Å². The molecule has 0 aliphatic heterocycles. The van der Waals surface area contributed by atoms with Crippen molar-refractivity contribution in [2.75, 3.05) is 0 Å². The summed E-state index contributed by atoms with van der Waals surface area (Å²) in [4.78, 5) is 14.7. The molecule has 0 amide bonds. The van der Waals surface area contributed by atoms with Gasteiger partial charge in [-0.15, -0.1) is 21.9 Å². The first kappa shape index (κ1) is 47.9. The summed E-state index contributed by atoms with van der Waals surface area (Å²) in [7, 11) is 0. The molecule has 0 saturated heterocycles. The maximum absolute atomic E-state index is 15.4. The maximum atomic E-state index is 15.4. The van der Waals surface area contributed by atoms with Gasteiger partial charge in [0.1, 0.15) is 52.7 Å². The molecule has 0 bridgehead atoms. The molecule has 0 radical (unpaired) electrons. The number of nitrogens with zero attached hydrogens (tertiary/aromatic N) is 4. The van der Waals surface area contributed by atoms with Crippen LogP contribution in [-0.2, 0) is 13.1 Å². The lowest BCUT2D eigenvalue weighted by Gasteiger charge is -2.44. The number of azide groups is 1. The number of benzene rings is 5. The Hall–Kier alpha value is -7.11. The van der Waals surface area contributed by atoms with Crippen molar-refractivity contribution in [3.8, 4) is 0 Å². The first-order valence-corrected chi connectivity index (χ1v) is 16.8. The van der Waals surface area contributed by atoms with Crippen molar-refractivity contribution in [2.45, 2.75) is 13.1 Å². The number of Topliss-reactive ketones (excluding diaryl/α,β-unsaturated/α-hetero) is 1. The number of ketones is 1. The van der Waals surface area contributed by atoms with Gasteiger partial charge in [0, 0.05) is 22.6 Å². The smallest absolute Gasteiger partial charge is 0.227 e. The van der Waals surface area contributed by atoms with E-state index in [4.69, 9.17) is 5.53 Å². The van der Waals surface area contributed by atoms with E-state index in [2.05, 4.69) is 10.0 Å². The number of rotatable bonds is 9. The fourth-order valence-corrected chi connectivity index (χ4v) is 6.57. The average Bonchev–Trinajstić information content (AvgIpc) is 3.29. The minimum absolute atomic E-state index is 0.0633. The Morgan fingerprint density at radius 3 is 0.969 bits per heavy atom. The highest BCUT2D eigenvalue weighted by molar-refractivity contribution is 7.20. The molecule has 0 N–H and O–H groups in total. The monoisotopic (exact) mass is 932 g/mol. The van der Waals surface area contributed by atoms with Crippen LogP contribution in [0.15, 0.2) is 60.0 Å². The summed E-state index contributed by atoms with van der Waals surface area (Å²) in [5, 5.41) is 3.48. The van der Waals surface area contributed by atoms with E-state index in [-0.39, 0.29) is 5.78 Å². The van der Waals surface area contributed by atoms with Crippen LogP contribution in [0.3, 0.4) is 0 Å². The van der Waals surface area contributed by atoms with E-state index in [0.717, 1.165) is 5.56 Å². The van der Waals surface area contributed by atoms with Gasteiger partial charge >= 0.3 is 0 Å². The summed E-state index contributed by atoms with van der Waals surface area (Å²) < 4.78 is 296. The third-order valence-electron chi connectivity index (χ3n) is 9.41. The van der Waals surface area contributed by atoms with Crippen molar-refractivity contribution in [1.82, 2.24) is 0 Å². The van der Waals surface area contributed by atoms with Gasteiger partial charge in [-0.05, 0) is 11.1 Å².